The van der Waals surface area contributed by atoms with Gasteiger partial charge in [-0.1, -0.05) is 0 Å². The summed E-state index contributed by atoms with van der Waals surface area (Å²) in [6.45, 7) is 0. The van der Waals surface area contributed by atoms with Crippen LogP contribution >= 0.6 is 22.6 Å². The smallest absolute Gasteiger partial charge is 0.274 e. The minimum absolute atomic E-state index is 0.244. The third kappa shape index (κ3) is 2.50. The molecule has 2 aromatic rings. The van der Waals surface area contributed by atoms with E-state index in [0.29, 0.717) is 9.53 Å². The largest absolute Gasteiger partial charge is 0.297 e. The molecule has 22 heavy (non-hydrogen) atoms. The van der Waals surface area contributed by atoms with Gasteiger partial charge in [0.1, 0.15) is 0 Å². The van der Waals surface area contributed by atoms with Crippen LogP contribution in [0, 0.1) is 3.83 Å². The van der Waals surface area contributed by atoms with E-state index < -0.39 is 0 Å². The highest BCUT2D eigenvalue weighted by molar-refractivity contribution is 14.1. The highest BCUT2D eigenvalue weighted by atomic mass is 127. The summed E-state index contributed by atoms with van der Waals surface area (Å²) in [4.78, 5) is 26.3. The standard InChI is InChI=1S/C14H16IN5O2/c1-19-12-9(11(18-19)13(21)20(2)22-3)6-4-5-8-7-16-14(15)17-10(8)12/h7H,4-6H2,1-3H3. The number of fused-ring (bicyclic) bond motifs is 3. The molecule has 0 aliphatic heterocycles. The molecule has 0 saturated heterocycles. The number of rotatable bonds is 2. The molecule has 0 atom stereocenters. The number of amides is 1. The molecular weight excluding hydrogens is 397 g/mol. The van der Waals surface area contributed by atoms with Gasteiger partial charge in [0.15, 0.2) is 9.53 Å². The van der Waals surface area contributed by atoms with E-state index in [1.807, 2.05) is 13.2 Å². The van der Waals surface area contributed by atoms with E-state index in [-0.39, 0.29) is 5.91 Å². The van der Waals surface area contributed by atoms with Crippen molar-refractivity contribution >= 4 is 28.5 Å². The van der Waals surface area contributed by atoms with Crippen molar-refractivity contribution in [3.05, 3.63) is 26.8 Å². The average molecular weight is 413 g/mol. The van der Waals surface area contributed by atoms with Crippen LogP contribution in [-0.2, 0) is 24.7 Å². The van der Waals surface area contributed by atoms with Crippen LogP contribution in [0.4, 0.5) is 0 Å². The number of aromatic nitrogens is 4. The Kier molecular flexibility index (Phi) is 4.13. The molecule has 0 radical (unpaired) electrons. The van der Waals surface area contributed by atoms with Crippen molar-refractivity contribution in [2.24, 2.45) is 7.05 Å². The Hall–Kier alpha value is -1.55. The second-order valence-corrected chi connectivity index (χ2v) is 6.12. The highest BCUT2D eigenvalue weighted by Crippen LogP contribution is 2.32. The zero-order valence-corrected chi connectivity index (χ0v) is 14.8. The number of carbonyl (C=O) groups excluding carboxylic acids is 1. The number of carbonyl (C=O) groups is 1. The van der Waals surface area contributed by atoms with E-state index in [1.165, 1.54) is 12.2 Å². The molecule has 2 heterocycles. The summed E-state index contributed by atoms with van der Waals surface area (Å²) in [7, 11) is 4.88. The van der Waals surface area contributed by atoms with Crippen molar-refractivity contribution in [2.45, 2.75) is 19.3 Å². The molecule has 0 N–H and O–H groups in total. The van der Waals surface area contributed by atoms with Crippen LogP contribution in [-0.4, -0.2) is 44.9 Å². The Morgan fingerprint density at radius 2 is 2.23 bits per heavy atom. The predicted octanol–water partition coefficient (Wildman–Crippen LogP) is 1.60. The fraction of sp³-hybridized carbons (Fsp3) is 0.429. The molecule has 0 fully saturated rings. The first-order valence-electron chi connectivity index (χ1n) is 6.92. The van der Waals surface area contributed by atoms with Crippen LogP contribution in [0.15, 0.2) is 6.20 Å². The summed E-state index contributed by atoms with van der Waals surface area (Å²) in [5.74, 6) is -0.244. The topological polar surface area (TPSA) is 73.1 Å². The lowest BCUT2D eigenvalue weighted by Crippen LogP contribution is -2.26. The minimum Gasteiger partial charge on any atom is -0.274 e. The number of nitrogens with zero attached hydrogens (tertiary/aromatic N) is 5. The van der Waals surface area contributed by atoms with E-state index in [1.54, 1.807) is 11.7 Å². The zero-order valence-electron chi connectivity index (χ0n) is 12.6. The molecule has 7 nitrogen and oxygen atoms in total. The SMILES string of the molecule is CON(C)C(=O)c1nn(C)c2c1CCCc1cnc(I)nc1-2. The molecule has 0 aromatic carbocycles. The molecule has 0 saturated carbocycles. The van der Waals surface area contributed by atoms with Gasteiger partial charge in [-0.25, -0.2) is 15.0 Å². The summed E-state index contributed by atoms with van der Waals surface area (Å²) in [6, 6.07) is 0. The van der Waals surface area contributed by atoms with Crippen molar-refractivity contribution in [3.8, 4) is 11.4 Å². The van der Waals surface area contributed by atoms with E-state index in [2.05, 4.69) is 37.7 Å². The molecule has 8 heteroatoms. The molecule has 1 amide bonds. The molecule has 0 spiro atoms. The first kappa shape index (κ1) is 15.3. The Morgan fingerprint density at radius 3 is 2.95 bits per heavy atom. The molecule has 116 valence electrons. The van der Waals surface area contributed by atoms with E-state index >= 15 is 0 Å². The van der Waals surface area contributed by atoms with Crippen LogP contribution in [0.25, 0.3) is 11.4 Å². The van der Waals surface area contributed by atoms with Gasteiger partial charge in [-0.05, 0) is 24.8 Å². The van der Waals surface area contributed by atoms with E-state index in [0.717, 1.165) is 41.8 Å². The summed E-state index contributed by atoms with van der Waals surface area (Å²) < 4.78 is 2.42. The molecular formula is C14H16IN5O2. The molecule has 1 aliphatic carbocycles. The van der Waals surface area contributed by atoms with Gasteiger partial charge < -0.3 is 0 Å². The van der Waals surface area contributed by atoms with Gasteiger partial charge in [0.05, 0.1) is 18.5 Å². The van der Waals surface area contributed by atoms with Crippen molar-refractivity contribution in [2.75, 3.05) is 14.2 Å². The van der Waals surface area contributed by atoms with Crippen LogP contribution in [0.5, 0.6) is 0 Å². The molecule has 0 unspecified atom stereocenters. The third-order valence-corrected chi connectivity index (χ3v) is 4.36. The van der Waals surface area contributed by atoms with Gasteiger partial charge in [0.2, 0.25) is 0 Å². The van der Waals surface area contributed by atoms with Crippen molar-refractivity contribution in [3.63, 3.8) is 0 Å². The predicted molar refractivity (Wildman–Crippen MR) is 88.1 cm³/mol. The second kappa shape index (κ2) is 5.92. The lowest BCUT2D eigenvalue weighted by molar-refractivity contribution is -0.0761. The average Bonchev–Trinajstić information content (AvgIpc) is 2.71. The Bertz CT molecular complexity index is 743. The van der Waals surface area contributed by atoms with E-state index in [4.69, 9.17) is 4.84 Å². The number of halogens is 1. The Balaban J connectivity index is 2.19. The van der Waals surface area contributed by atoms with Gasteiger partial charge in [-0.3, -0.25) is 14.3 Å². The molecule has 3 rings (SSSR count). The quantitative estimate of drug-likeness (QED) is 0.425. The second-order valence-electron chi connectivity index (χ2n) is 5.15. The number of aryl methyl sites for hydroxylation is 2. The molecule has 0 bridgehead atoms. The summed E-state index contributed by atoms with van der Waals surface area (Å²) in [5, 5.41) is 5.61. The van der Waals surface area contributed by atoms with Crippen molar-refractivity contribution < 1.29 is 9.63 Å². The normalized spacial score (nSPS) is 13.3. The Labute approximate surface area is 141 Å². The van der Waals surface area contributed by atoms with Gasteiger partial charge in [-0.15, -0.1) is 0 Å². The lowest BCUT2D eigenvalue weighted by atomic mass is 10.1. The maximum Gasteiger partial charge on any atom is 0.297 e. The first-order valence-corrected chi connectivity index (χ1v) is 8.00. The monoisotopic (exact) mass is 413 g/mol. The summed E-state index contributed by atoms with van der Waals surface area (Å²) in [6.07, 6.45) is 4.49. The number of hydrogen-bond acceptors (Lipinski definition) is 5. The van der Waals surface area contributed by atoms with Crippen LogP contribution in [0.2, 0.25) is 0 Å². The van der Waals surface area contributed by atoms with Gasteiger partial charge >= 0.3 is 0 Å². The first-order chi connectivity index (χ1) is 10.5. The Morgan fingerprint density at radius 1 is 1.45 bits per heavy atom. The van der Waals surface area contributed by atoms with Crippen molar-refractivity contribution in [1.29, 1.82) is 0 Å². The lowest BCUT2D eigenvalue weighted by Gasteiger charge is -2.12. The van der Waals surface area contributed by atoms with Gasteiger partial charge in [0.25, 0.3) is 5.91 Å². The maximum absolute atomic E-state index is 12.4. The molecule has 1 aliphatic rings. The van der Waals surface area contributed by atoms with E-state index in [9.17, 15) is 4.79 Å². The van der Waals surface area contributed by atoms with Crippen molar-refractivity contribution in [1.82, 2.24) is 24.8 Å². The summed E-state index contributed by atoms with van der Waals surface area (Å²) in [5.41, 5.74) is 4.25. The van der Waals surface area contributed by atoms with Gasteiger partial charge in [0, 0.05) is 48.4 Å². The minimum atomic E-state index is -0.244. The number of hydroxylamine groups is 2. The van der Waals surface area contributed by atoms with Crippen LogP contribution in [0.1, 0.15) is 28.0 Å². The van der Waals surface area contributed by atoms with Crippen LogP contribution in [0.3, 0.4) is 0 Å². The summed E-state index contributed by atoms with van der Waals surface area (Å²) >= 11 is 2.10. The van der Waals surface area contributed by atoms with Crippen LogP contribution < -0.4 is 0 Å². The number of hydrogen-bond donors (Lipinski definition) is 0. The fourth-order valence-corrected chi connectivity index (χ4v) is 3.11. The van der Waals surface area contributed by atoms with Gasteiger partial charge in [-0.2, -0.15) is 5.10 Å². The fourth-order valence-electron chi connectivity index (χ4n) is 2.73. The molecule has 2 aromatic heterocycles. The maximum atomic E-state index is 12.4. The third-order valence-electron chi connectivity index (χ3n) is 3.84. The highest BCUT2D eigenvalue weighted by Gasteiger charge is 2.28. The zero-order chi connectivity index (χ0) is 15.9.